The highest BCUT2D eigenvalue weighted by molar-refractivity contribution is 7.13. The third kappa shape index (κ3) is 4.32. The van der Waals surface area contributed by atoms with Gasteiger partial charge in [0, 0.05) is 54.6 Å². The molecular weight excluding hydrogens is 428 g/mol. The summed E-state index contributed by atoms with van der Waals surface area (Å²) in [4.78, 5) is 17.6. The van der Waals surface area contributed by atoms with Gasteiger partial charge in [0.2, 0.25) is 0 Å². The Morgan fingerprint density at radius 2 is 2.06 bits per heavy atom. The lowest BCUT2D eigenvalue weighted by Crippen LogP contribution is -2.31. The lowest BCUT2D eigenvalue weighted by Gasteiger charge is -2.28. The summed E-state index contributed by atoms with van der Waals surface area (Å²) < 4.78 is 5.45. The normalized spacial score (nSPS) is 13.7. The third-order valence-corrected chi connectivity index (χ3v) is 6.52. The van der Waals surface area contributed by atoms with Gasteiger partial charge in [0.1, 0.15) is 5.75 Å². The number of aromatic nitrogens is 3. The van der Waals surface area contributed by atoms with Gasteiger partial charge >= 0.3 is 0 Å². The van der Waals surface area contributed by atoms with E-state index in [4.69, 9.17) is 21.3 Å². The standard InChI is InChI=1S/C24H21ClN4OS/c1-30-22-7-5-18(25)11-19(22)21-6-4-16(12-26-21)14-29-9-8-20-17(15-29)13-27-24(28-20)23-3-2-10-31-23/h2-7,10-13H,8-9,14-15H2,1H3. The molecule has 156 valence electrons. The maximum absolute atomic E-state index is 6.16. The van der Waals surface area contributed by atoms with Crippen molar-refractivity contribution in [1.82, 2.24) is 19.9 Å². The molecule has 0 unspecified atom stereocenters. The van der Waals surface area contributed by atoms with Gasteiger partial charge < -0.3 is 4.74 Å². The van der Waals surface area contributed by atoms with Crippen molar-refractivity contribution in [3.05, 3.63) is 82.1 Å². The molecule has 0 fully saturated rings. The van der Waals surface area contributed by atoms with Gasteiger partial charge in [-0.3, -0.25) is 9.88 Å². The van der Waals surface area contributed by atoms with E-state index in [1.807, 2.05) is 42.7 Å². The molecule has 31 heavy (non-hydrogen) atoms. The second kappa shape index (κ2) is 8.75. The van der Waals surface area contributed by atoms with Crippen molar-refractivity contribution in [2.45, 2.75) is 19.5 Å². The molecule has 0 radical (unpaired) electrons. The van der Waals surface area contributed by atoms with Crippen LogP contribution in [-0.4, -0.2) is 33.5 Å². The summed E-state index contributed by atoms with van der Waals surface area (Å²) >= 11 is 7.84. The molecule has 0 N–H and O–H groups in total. The molecule has 0 atom stereocenters. The van der Waals surface area contributed by atoms with Gasteiger partial charge in [0.25, 0.3) is 0 Å². The molecule has 4 aromatic rings. The average Bonchev–Trinajstić information content (AvgIpc) is 3.34. The second-order valence-electron chi connectivity index (χ2n) is 7.50. The van der Waals surface area contributed by atoms with E-state index in [0.29, 0.717) is 5.02 Å². The number of halogens is 1. The molecule has 0 saturated carbocycles. The first kappa shape index (κ1) is 20.1. The van der Waals surface area contributed by atoms with Crippen LogP contribution in [0.1, 0.15) is 16.8 Å². The lowest BCUT2D eigenvalue weighted by atomic mass is 10.1. The summed E-state index contributed by atoms with van der Waals surface area (Å²) in [6.07, 6.45) is 4.85. The largest absolute Gasteiger partial charge is 0.496 e. The van der Waals surface area contributed by atoms with E-state index < -0.39 is 0 Å². The van der Waals surface area contributed by atoms with Gasteiger partial charge in [-0.2, -0.15) is 0 Å². The quantitative estimate of drug-likeness (QED) is 0.404. The van der Waals surface area contributed by atoms with Crippen LogP contribution >= 0.6 is 22.9 Å². The van der Waals surface area contributed by atoms with Crippen LogP contribution in [0.5, 0.6) is 5.75 Å². The number of rotatable bonds is 5. The number of thiophene rings is 1. The molecular formula is C24H21ClN4OS. The summed E-state index contributed by atoms with van der Waals surface area (Å²) in [5.74, 6) is 1.60. The number of methoxy groups -OCH3 is 1. The van der Waals surface area contributed by atoms with Crippen LogP contribution in [0.25, 0.3) is 22.0 Å². The van der Waals surface area contributed by atoms with E-state index >= 15 is 0 Å². The number of fused-ring (bicyclic) bond motifs is 1. The summed E-state index contributed by atoms with van der Waals surface area (Å²) in [5, 5.41) is 2.72. The number of hydrogen-bond donors (Lipinski definition) is 0. The maximum Gasteiger partial charge on any atom is 0.169 e. The molecule has 0 saturated heterocycles. The number of benzene rings is 1. The van der Waals surface area contributed by atoms with E-state index in [2.05, 4.69) is 32.4 Å². The first-order chi connectivity index (χ1) is 15.2. The van der Waals surface area contributed by atoms with Crippen LogP contribution < -0.4 is 4.74 Å². The molecule has 3 aromatic heterocycles. The van der Waals surface area contributed by atoms with Crippen LogP contribution in [0.15, 0.2) is 60.2 Å². The summed E-state index contributed by atoms with van der Waals surface area (Å²) in [6, 6.07) is 13.8. The lowest BCUT2D eigenvalue weighted by molar-refractivity contribution is 0.242. The van der Waals surface area contributed by atoms with Crippen molar-refractivity contribution < 1.29 is 4.74 Å². The molecule has 1 aliphatic rings. The number of nitrogens with zero attached hydrogens (tertiary/aromatic N) is 4. The van der Waals surface area contributed by atoms with Gasteiger partial charge in [-0.25, -0.2) is 9.97 Å². The topological polar surface area (TPSA) is 51.1 Å². The fourth-order valence-corrected chi connectivity index (χ4v) is 4.69. The average molecular weight is 449 g/mol. The molecule has 5 nitrogen and oxygen atoms in total. The molecule has 4 heterocycles. The predicted octanol–water partition coefficient (Wildman–Crippen LogP) is 5.49. The van der Waals surface area contributed by atoms with E-state index in [0.717, 1.165) is 59.5 Å². The van der Waals surface area contributed by atoms with Crippen molar-refractivity contribution in [2.75, 3.05) is 13.7 Å². The molecule has 0 amide bonds. The minimum atomic E-state index is 0.665. The van der Waals surface area contributed by atoms with E-state index in [-0.39, 0.29) is 0 Å². The third-order valence-electron chi connectivity index (χ3n) is 5.42. The fourth-order valence-electron chi connectivity index (χ4n) is 3.85. The second-order valence-corrected chi connectivity index (χ2v) is 8.88. The van der Waals surface area contributed by atoms with E-state index in [1.165, 1.54) is 11.1 Å². The van der Waals surface area contributed by atoms with Crippen molar-refractivity contribution >= 4 is 22.9 Å². The highest BCUT2D eigenvalue weighted by Gasteiger charge is 2.19. The SMILES string of the molecule is COc1ccc(Cl)cc1-c1ccc(CN2CCc3nc(-c4cccs4)ncc3C2)cn1. The minimum Gasteiger partial charge on any atom is -0.496 e. The molecule has 0 spiro atoms. The number of ether oxygens (including phenoxy) is 1. The summed E-state index contributed by atoms with van der Waals surface area (Å²) in [5.41, 5.74) is 5.29. The molecule has 0 aliphatic carbocycles. The van der Waals surface area contributed by atoms with Crippen molar-refractivity contribution in [3.8, 4) is 27.7 Å². The fraction of sp³-hybridized carbons (Fsp3) is 0.208. The highest BCUT2D eigenvalue weighted by atomic mass is 35.5. The molecule has 0 bridgehead atoms. The first-order valence-corrected chi connectivity index (χ1v) is 11.4. The Balaban J connectivity index is 1.29. The first-order valence-electron chi connectivity index (χ1n) is 10.1. The Kier molecular flexibility index (Phi) is 5.68. The Bertz CT molecular complexity index is 1190. The van der Waals surface area contributed by atoms with Crippen molar-refractivity contribution in [1.29, 1.82) is 0 Å². The zero-order valence-corrected chi connectivity index (χ0v) is 18.7. The predicted molar refractivity (Wildman–Crippen MR) is 124 cm³/mol. The highest BCUT2D eigenvalue weighted by Crippen LogP contribution is 2.31. The van der Waals surface area contributed by atoms with Gasteiger partial charge in [-0.05, 0) is 41.3 Å². The van der Waals surface area contributed by atoms with Crippen LogP contribution in [0.4, 0.5) is 0 Å². The molecule has 1 aliphatic heterocycles. The molecule has 1 aromatic carbocycles. The Morgan fingerprint density at radius 1 is 1.13 bits per heavy atom. The smallest absolute Gasteiger partial charge is 0.169 e. The molecule has 5 rings (SSSR count). The zero-order valence-electron chi connectivity index (χ0n) is 17.1. The minimum absolute atomic E-state index is 0.665. The Hall–Kier alpha value is -2.80. The van der Waals surface area contributed by atoms with Gasteiger partial charge in [-0.1, -0.05) is 23.7 Å². The number of pyridine rings is 1. The number of hydrogen-bond acceptors (Lipinski definition) is 6. The Labute approximate surface area is 190 Å². The van der Waals surface area contributed by atoms with Crippen LogP contribution in [0.3, 0.4) is 0 Å². The van der Waals surface area contributed by atoms with Crippen LogP contribution in [0.2, 0.25) is 5.02 Å². The maximum atomic E-state index is 6.16. The van der Waals surface area contributed by atoms with Gasteiger partial charge in [0.15, 0.2) is 5.82 Å². The van der Waals surface area contributed by atoms with Gasteiger partial charge in [-0.15, -0.1) is 11.3 Å². The zero-order chi connectivity index (χ0) is 21.2. The Morgan fingerprint density at radius 3 is 2.84 bits per heavy atom. The molecule has 7 heteroatoms. The van der Waals surface area contributed by atoms with Crippen molar-refractivity contribution in [2.24, 2.45) is 0 Å². The van der Waals surface area contributed by atoms with Crippen LogP contribution in [0, 0.1) is 0 Å². The van der Waals surface area contributed by atoms with Gasteiger partial charge in [0.05, 0.1) is 23.4 Å². The summed E-state index contributed by atoms with van der Waals surface area (Å²) in [7, 11) is 1.66. The van der Waals surface area contributed by atoms with Crippen LogP contribution in [-0.2, 0) is 19.5 Å². The van der Waals surface area contributed by atoms with Crippen molar-refractivity contribution in [3.63, 3.8) is 0 Å². The van der Waals surface area contributed by atoms with E-state index in [9.17, 15) is 0 Å². The monoisotopic (exact) mass is 448 g/mol. The van der Waals surface area contributed by atoms with E-state index in [1.54, 1.807) is 18.4 Å². The summed E-state index contributed by atoms with van der Waals surface area (Å²) in [6.45, 7) is 2.66.